The minimum atomic E-state index is 0. The Morgan fingerprint density at radius 3 is 2.45 bits per heavy atom. The Bertz CT molecular complexity index is 276. The van der Waals surface area contributed by atoms with Crippen molar-refractivity contribution in [3.05, 3.63) is 48.5 Å². The van der Waals surface area contributed by atoms with Gasteiger partial charge in [-0.25, -0.2) is 0 Å². The average Bonchev–Trinajstić information content (AvgIpc) is 2.05. The molecule has 2 rings (SSSR count). The summed E-state index contributed by atoms with van der Waals surface area (Å²) in [5.41, 5.74) is 0. The fraction of sp³-hybridized carbons (Fsp3) is 0. The normalized spacial score (nSPS) is 9.09. The Morgan fingerprint density at radius 1 is 0.909 bits per heavy atom. The molecule has 0 saturated carbocycles. The van der Waals surface area contributed by atoms with Gasteiger partial charge in [0.1, 0.15) is 0 Å². The molecule has 0 fully saturated rings. The van der Waals surface area contributed by atoms with E-state index in [2.05, 4.69) is 24.3 Å². The van der Waals surface area contributed by atoms with Gasteiger partial charge in [0, 0.05) is 0 Å². The summed E-state index contributed by atoms with van der Waals surface area (Å²) >= 11 is 0. The number of benzene rings is 2. The first kappa shape index (κ1) is 9.59. The Kier molecular flexibility index (Phi) is 3.93. The van der Waals surface area contributed by atoms with Gasteiger partial charge in [0.25, 0.3) is 0 Å². The molecule has 0 nitrogen and oxygen atoms in total. The molecule has 48 valence electrons. The predicted molar refractivity (Wildman–Crippen MR) is 42.8 cm³/mol. The zero-order chi connectivity index (χ0) is 6.81. The van der Waals surface area contributed by atoms with Crippen LogP contribution in [0.2, 0.25) is 0 Å². The standard InChI is InChI=1S/C10H7.Rb/c1-2-6-10-8-4-3-7-9(10)5-1;/h1-7H;/q-1;+1. The van der Waals surface area contributed by atoms with Crippen molar-refractivity contribution in [2.24, 2.45) is 0 Å². The van der Waals surface area contributed by atoms with Gasteiger partial charge in [-0.3, -0.25) is 0 Å². The molecule has 0 aromatic heterocycles. The van der Waals surface area contributed by atoms with E-state index in [0.717, 1.165) is 0 Å². The van der Waals surface area contributed by atoms with E-state index in [4.69, 9.17) is 0 Å². The van der Waals surface area contributed by atoms with E-state index < -0.39 is 0 Å². The molecule has 0 amide bonds. The molecule has 0 heterocycles. The minimum absolute atomic E-state index is 0. The molecule has 0 aliphatic heterocycles. The van der Waals surface area contributed by atoms with E-state index in [1.165, 1.54) is 10.8 Å². The molecular weight excluding hydrogens is 206 g/mol. The summed E-state index contributed by atoms with van der Waals surface area (Å²) in [5, 5.41) is 2.44. The summed E-state index contributed by atoms with van der Waals surface area (Å²) in [6, 6.07) is 17.4. The Balaban J connectivity index is 0.000000605. The molecule has 11 heavy (non-hydrogen) atoms. The first-order chi connectivity index (χ1) is 4.97. The van der Waals surface area contributed by atoms with Gasteiger partial charge >= 0.3 is 58.2 Å². The summed E-state index contributed by atoms with van der Waals surface area (Å²) in [5.74, 6) is 0. The third-order valence-electron chi connectivity index (χ3n) is 1.57. The molecule has 2 aromatic rings. The van der Waals surface area contributed by atoms with Crippen LogP contribution in [-0.4, -0.2) is 0 Å². The minimum Gasteiger partial charge on any atom is -0.147 e. The smallest absolute Gasteiger partial charge is 0.147 e. The predicted octanol–water partition coefficient (Wildman–Crippen LogP) is -0.356. The Hall–Kier alpha value is 0.505. The van der Waals surface area contributed by atoms with Crippen LogP contribution in [0.25, 0.3) is 10.8 Å². The zero-order valence-electron chi connectivity index (χ0n) is 6.54. The van der Waals surface area contributed by atoms with Crippen molar-refractivity contribution >= 4 is 10.8 Å². The maximum Gasteiger partial charge on any atom is 1.00 e. The van der Waals surface area contributed by atoms with Gasteiger partial charge in [-0.1, -0.05) is 12.1 Å². The van der Waals surface area contributed by atoms with Gasteiger partial charge < -0.3 is 0 Å². The van der Waals surface area contributed by atoms with E-state index >= 15 is 0 Å². The molecule has 0 saturated heterocycles. The molecule has 2 aromatic carbocycles. The van der Waals surface area contributed by atoms with Crippen LogP contribution in [-0.2, 0) is 0 Å². The van der Waals surface area contributed by atoms with Crippen LogP contribution in [0.4, 0.5) is 0 Å². The van der Waals surface area contributed by atoms with Crippen molar-refractivity contribution in [1.82, 2.24) is 0 Å². The maximum atomic E-state index is 3.15. The Labute approximate surface area is 115 Å². The molecule has 0 bridgehead atoms. The molecule has 0 N–H and O–H groups in total. The average molecular weight is 213 g/mol. The summed E-state index contributed by atoms with van der Waals surface area (Å²) in [6.07, 6.45) is 0. The summed E-state index contributed by atoms with van der Waals surface area (Å²) < 4.78 is 0. The van der Waals surface area contributed by atoms with Crippen molar-refractivity contribution in [1.29, 1.82) is 0 Å². The molecule has 0 spiro atoms. The van der Waals surface area contributed by atoms with E-state index in [-0.39, 0.29) is 58.2 Å². The van der Waals surface area contributed by atoms with Crippen LogP contribution < -0.4 is 58.2 Å². The van der Waals surface area contributed by atoms with E-state index in [0.29, 0.717) is 0 Å². The van der Waals surface area contributed by atoms with E-state index in [1.807, 2.05) is 24.3 Å². The summed E-state index contributed by atoms with van der Waals surface area (Å²) in [6.45, 7) is 0. The second-order valence-electron chi connectivity index (χ2n) is 2.26. The van der Waals surface area contributed by atoms with Gasteiger partial charge in [-0.2, -0.15) is 0 Å². The third-order valence-corrected chi connectivity index (χ3v) is 1.57. The second-order valence-corrected chi connectivity index (χ2v) is 2.26. The van der Waals surface area contributed by atoms with Crippen LogP contribution in [0.1, 0.15) is 0 Å². The van der Waals surface area contributed by atoms with Crippen LogP contribution in [0.5, 0.6) is 0 Å². The van der Waals surface area contributed by atoms with E-state index in [9.17, 15) is 0 Å². The number of rotatable bonds is 0. The fourth-order valence-electron chi connectivity index (χ4n) is 1.06. The van der Waals surface area contributed by atoms with Crippen molar-refractivity contribution in [2.75, 3.05) is 0 Å². The first-order valence-corrected chi connectivity index (χ1v) is 3.32. The van der Waals surface area contributed by atoms with Crippen molar-refractivity contribution < 1.29 is 58.2 Å². The van der Waals surface area contributed by atoms with Crippen LogP contribution in [0, 0.1) is 6.07 Å². The van der Waals surface area contributed by atoms with Gasteiger partial charge in [0.2, 0.25) is 0 Å². The molecule has 0 atom stereocenters. The van der Waals surface area contributed by atoms with Crippen LogP contribution >= 0.6 is 0 Å². The Morgan fingerprint density at radius 2 is 1.64 bits per heavy atom. The van der Waals surface area contributed by atoms with Crippen LogP contribution in [0.3, 0.4) is 0 Å². The molecular formula is C10H7Rb. The van der Waals surface area contributed by atoms with Crippen molar-refractivity contribution in [2.45, 2.75) is 0 Å². The summed E-state index contributed by atoms with van der Waals surface area (Å²) in [4.78, 5) is 0. The van der Waals surface area contributed by atoms with Gasteiger partial charge in [-0.05, 0) is 0 Å². The van der Waals surface area contributed by atoms with Gasteiger partial charge in [0.15, 0.2) is 0 Å². The molecule has 0 aliphatic carbocycles. The monoisotopic (exact) mass is 212 g/mol. The first-order valence-electron chi connectivity index (χ1n) is 3.32. The zero-order valence-corrected chi connectivity index (χ0v) is 11.5. The fourth-order valence-corrected chi connectivity index (χ4v) is 1.06. The number of hydrogen-bond acceptors (Lipinski definition) is 0. The van der Waals surface area contributed by atoms with Gasteiger partial charge in [0.05, 0.1) is 0 Å². The molecule has 0 unspecified atom stereocenters. The topological polar surface area (TPSA) is 0 Å². The molecule has 0 aliphatic rings. The van der Waals surface area contributed by atoms with Gasteiger partial charge in [-0.15, -0.1) is 47.2 Å². The summed E-state index contributed by atoms with van der Waals surface area (Å²) in [7, 11) is 0. The van der Waals surface area contributed by atoms with Crippen molar-refractivity contribution in [3.63, 3.8) is 0 Å². The SMILES string of the molecule is [Rb+].[c-]1cccc2ccccc12. The third kappa shape index (κ3) is 2.22. The molecule has 1 heteroatoms. The van der Waals surface area contributed by atoms with E-state index in [1.54, 1.807) is 0 Å². The quantitative estimate of drug-likeness (QED) is 0.524. The maximum absolute atomic E-state index is 3.15. The van der Waals surface area contributed by atoms with Crippen molar-refractivity contribution in [3.8, 4) is 0 Å². The molecule has 0 radical (unpaired) electrons. The van der Waals surface area contributed by atoms with Crippen LogP contribution in [0.15, 0.2) is 42.5 Å². The second kappa shape index (κ2) is 4.51. The number of fused-ring (bicyclic) bond motifs is 1. The number of hydrogen-bond donors (Lipinski definition) is 0. The largest absolute Gasteiger partial charge is 1.00 e.